The maximum Gasteiger partial charge on any atom is 0.363 e. The first-order chi connectivity index (χ1) is 9.24. The van der Waals surface area contributed by atoms with E-state index in [0.29, 0.717) is 10.6 Å². The van der Waals surface area contributed by atoms with Gasteiger partial charge in [0.2, 0.25) is 0 Å². The molecule has 0 unspecified atom stereocenters. The second kappa shape index (κ2) is 4.78. The third-order valence-electron chi connectivity index (χ3n) is 2.81. The SMILES string of the molecule is O=C(On1ccc2ccccc21)c1cccc(Cl)c1. The Morgan fingerprint density at radius 1 is 1.05 bits per heavy atom. The summed E-state index contributed by atoms with van der Waals surface area (Å²) >= 11 is 5.85. The van der Waals surface area contributed by atoms with Gasteiger partial charge in [0.1, 0.15) is 0 Å². The minimum atomic E-state index is -0.441. The molecule has 19 heavy (non-hydrogen) atoms. The van der Waals surface area contributed by atoms with Crippen molar-refractivity contribution in [3.8, 4) is 0 Å². The highest BCUT2D eigenvalue weighted by molar-refractivity contribution is 6.30. The minimum absolute atomic E-state index is 0.422. The molecule has 3 aromatic rings. The van der Waals surface area contributed by atoms with Crippen LogP contribution in [0.5, 0.6) is 0 Å². The van der Waals surface area contributed by atoms with Gasteiger partial charge in [0, 0.05) is 16.6 Å². The number of fused-ring (bicyclic) bond motifs is 1. The molecule has 0 N–H and O–H groups in total. The molecular formula is C15H10ClNO2. The highest BCUT2D eigenvalue weighted by atomic mass is 35.5. The molecule has 4 heteroatoms. The van der Waals surface area contributed by atoms with Gasteiger partial charge in [0.05, 0.1) is 11.1 Å². The first-order valence-electron chi connectivity index (χ1n) is 5.78. The van der Waals surface area contributed by atoms with E-state index < -0.39 is 5.97 Å². The lowest BCUT2D eigenvalue weighted by molar-refractivity contribution is 0.0483. The molecule has 94 valence electrons. The summed E-state index contributed by atoms with van der Waals surface area (Å²) in [6.45, 7) is 0. The van der Waals surface area contributed by atoms with E-state index >= 15 is 0 Å². The maximum absolute atomic E-state index is 12.0. The molecule has 0 aliphatic carbocycles. The molecule has 0 aliphatic heterocycles. The van der Waals surface area contributed by atoms with Gasteiger partial charge in [-0.2, -0.15) is 4.73 Å². The van der Waals surface area contributed by atoms with Gasteiger partial charge in [0.15, 0.2) is 0 Å². The summed E-state index contributed by atoms with van der Waals surface area (Å²) in [4.78, 5) is 17.3. The summed E-state index contributed by atoms with van der Waals surface area (Å²) in [5.74, 6) is -0.441. The molecule has 1 aromatic heterocycles. The molecule has 0 radical (unpaired) electrons. The Morgan fingerprint density at radius 3 is 2.74 bits per heavy atom. The minimum Gasteiger partial charge on any atom is -0.331 e. The normalized spacial score (nSPS) is 10.6. The van der Waals surface area contributed by atoms with E-state index in [-0.39, 0.29) is 0 Å². The first-order valence-corrected chi connectivity index (χ1v) is 6.16. The third-order valence-corrected chi connectivity index (χ3v) is 3.04. The van der Waals surface area contributed by atoms with E-state index in [1.165, 1.54) is 4.73 Å². The van der Waals surface area contributed by atoms with Crippen molar-refractivity contribution in [3.05, 3.63) is 71.4 Å². The van der Waals surface area contributed by atoms with Crippen LogP contribution in [0.4, 0.5) is 0 Å². The smallest absolute Gasteiger partial charge is 0.331 e. The van der Waals surface area contributed by atoms with Crippen molar-refractivity contribution >= 4 is 28.5 Å². The Balaban J connectivity index is 1.91. The van der Waals surface area contributed by atoms with E-state index in [0.717, 1.165) is 10.9 Å². The van der Waals surface area contributed by atoms with Gasteiger partial charge in [-0.25, -0.2) is 4.79 Å². The van der Waals surface area contributed by atoms with Crippen LogP contribution in [-0.2, 0) is 0 Å². The van der Waals surface area contributed by atoms with Gasteiger partial charge >= 0.3 is 5.97 Å². The van der Waals surface area contributed by atoms with Crippen LogP contribution in [0.1, 0.15) is 10.4 Å². The Hall–Kier alpha value is -2.26. The molecule has 0 bridgehead atoms. The molecule has 0 fully saturated rings. The number of benzene rings is 2. The van der Waals surface area contributed by atoms with E-state index in [1.54, 1.807) is 30.5 Å². The number of halogens is 1. The standard InChI is InChI=1S/C15H10ClNO2/c16-13-6-3-5-12(10-13)15(18)19-17-9-8-11-4-1-2-7-14(11)17/h1-10H. The van der Waals surface area contributed by atoms with E-state index in [1.807, 2.05) is 30.3 Å². The molecule has 3 rings (SSSR count). The molecule has 0 spiro atoms. The predicted octanol–water partition coefficient (Wildman–Crippen LogP) is 3.56. The number of hydrogen-bond acceptors (Lipinski definition) is 2. The molecule has 0 saturated heterocycles. The number of hydrogen-bond donors (Lipinski definition) is 0. The molecule has 0 atom stereocenters. The van der Waals surface area contributed by atoms with Crippen molar-refractivity contribution in [3.63, 3.8) is 0 Å². The largest absolute Gasteiger partial charge is 0.363 e. The molecule has 3 nitrogen and oxygen atoms in total. The van der Waals surface area contributed by atoms with Gasteiger partial charge in [-0.15, -0.1) is 0 Å². The average molecular weight is 272 g/mol. The van der Waals surface area contributed by atoms with Crippen LogP contribution in [0.2, 0.25) is 5.02 Å². The summed E-state index contributed by atoms with van der Waals surface area (Å²) < 4.78 is 1.46. The van der Waals surface area contributed by atoms with Crippen LogP contribution in [-0.4, -0.2) is 10.7 Å². The Bertz CT molecular complexity index is 748. The van der Waals surface area contributed by atoms with Gasteiger partial charge in [-0.1, -0.05) is 35.9 Å². The molecule has 2 aromatic carbocycles. The zero-order valence-electron chi connectivity index (χ0n) is 9.92. The maximum atomic E-state index is 12.0. The number of carbonyl (C=O) groups excluding carboxylic acids is 1. The Labute approximate surface area is 114 Å². The second-order valence-electron chi connectivity index (χ2n) is 4.09. The Morgan fingerprint density at radius 2 is 1.89 bits per heavy atom. The Kier molecular flexibility index (Phi) is 2.97. The second-order valence-corrected chi connectivity index (χ2v) is 4.53. The molecule has 1 heterocycles. The number of carbonyl (C=O) groups is 1. The van der Waals surface area contributed by atoms with Crippen LogP contribution in [0.15, 0.2) is 60.8 Å². The van der Waals surface area contributed by atoms with Crippen molar-refractivity contribution in [2.75, 3.05) is 0 Å². The number of para-hydroxylation sites is 1. The van der Waals surface area contributed by atoms with Crippen LogP contribution in [0.3, 0.4) is 0 Å². The lowest BCUT2D eigenvalue weighted by atomic mass is 10.2. The fraction of sp³-hybridized carbons (Fsp3) is 0. The van der Waals surface area contributed by atoms with Crippen LogP contribution >= 0.6 is 11.6 Å². The highest BCUT2D eigenvalue weighted by Crippen LogP contribution is 2.15. The van der Waals surface area contributed by atoms with Gasteiger partial charge in [0.25, 0.3) is 0 Å². The van der Waals surface area contributed by atoms with Crippen molar-refractivity contribution < 1.29 is 9.63 Å². The monoisotopic (exact) mass is 271 g/mol. The quantitative estimate of drug-likeness (QED) is 0.714. The molecule has 0 amide bonds. The first kappa shape index (κ1) is 11.8. The summed E-state index contributed by atoms with van der Waals surface area (Å²) in [6.07, 6.45) is 1.72. The summed E-state index contributed by atoms with van der Waals surface area (Å²) in [7, 11) is 0. The highest BCUT2D eigenvalue weighted by Gasteiger charge is 2.10. The van der Waals surface area contributed by atoms with E-state index in [2.05, 4.69) is 0 Å². The number of aromatic nitrogens is 1. The zero-order chi connectivity index (χ0) is 13.2. The van der Waals surface area contributed by atoms with E-state index in [4.69, 9.17) is 16.4 Å². The lowest BCUT2D eigenvalue weighted by Gasteiger charge is -2.06. The molecular weight excluding hydrogens is 262 g/mol. The fourth-order valence-corrected chi connectivity index (χ4v) is 2.08. The van der Waals surface area contributed by atoms with Crippen LogP contribution in [0.25, 0.3) is 10.9 Å². The third kappa shape index (κ3) is 2.33. The summed E-state index contributed by atoms with van der Waals surface area (Å²) in [6, 6.07) is 16.2. The van der Waals surface area contributed by atoms with Crippen molar-refractivity contribution in [2.24, 2.45) is 0 Å². The average Bonchev–Trinajstić information content (AvgIpc) is 2.82. The predicted molar refractivity (Wildman–Crippen MR) is 74.3 cm³/mol. The van der Waals surface area contributed by atoms with Crippen LogP contribution in [0, 0.1) is 0 Å². The topological polar surface area (TPSA) is 31.2 Å². The van der Waals surface area contributed by atoms with Crippen molar-refractivity contribution in [1.82, 2.24) is 4.73 Å². The van der Waals surface area contributed by atoms with E-state index in [9.17, 15) is 4.79 Å². The molecule has 0 saturated carbocycles. The van der Waals surface area contributed by atoms with Crippen molar-refractivity contribution in [1.29, 1.82) is 0 Å². The van der Waals surface area contributed by atoms with Gasteiger partial charge in [-0.05, 0) is 30.3 Å². The lowest BCUT2D eigenvalue weighted by Crippen LogP contribution is -2.18. The summed E-state index contributed by atoms with van der Waals surface area (Å²) in [5.41, 5.74) is 1.27. The fourth-order valence-electron chi connectivity index (χ4n) is 1.89. The number of nitrogens with zero attached hydrogens (tertiary/aromatic N) is 1. The van der Waals surface area contributed by atoms with Crippen molar-refractivity contribution in [2.45, 2.75) is 0 Å². The zero-order valence-corrected chi connectivity index (χ0v) is 10.7. The van der Waals surface area contributed by atoms with Gasteiger partial charge in [-0.3, -0.25) is 0 Å². The van der Waals surface area contributed by atoms with Gasteiger partial charge < -0.3 is 4.84 Å². The number of rotatable bonds is 2. The summed E-state index contributed by atoms with van der Waals surface area (Å²) in [5, 5.41) is 1.52. The van der Waals surface area contributed by atoms with Crippen LogP contribution < -0.4 is 4.84 Å². The molecule has 0 aliphatic rings.